The Labute approximate surface area is 248 Å². The molecule has 0 spiro atoms. The van der Waals surface area contributed by atoms with E-state index in [4.69, 9.17) is 9.57 Å². The monoisotopic (exact) mass is 597 g/mol. The van der Waals surface area contributed by atoms with Crippen molar-refractivity contribution in [1.29, 1.82) is 0 Å². The van der Waals surface area contributed by atoms with Gasteiger partial charge >= 0.3 is 6.18 Å². The van der Waals surface area contributed by atoms with Crippen LogP contribution in [0.25, 0.3) is 0 Å². The molecule has 2 aliphatic rings. The first-order valence-electron chi connectivity index (χ1n) is 13.9. The number of hydrogen-bond acceptors (Lipinski definition) is 9. The van der Waals surface area contributed by atoms with Gasteiger partial charge in [0.05, 0.1) is 42.4 Å². The van der Waals surface area contributed by atoms with E-state index in [-0.39, 0.29) is 5.91 Å². The number of hydroxylamine groups is 1. The molecule has 2 fully saturated rings. The molecule has 13 heteroatoms. The van der Waals surface area contributed by atoms with Crippen LogP contribution in [0.3, 0.4) is 0 Å². The first-order valence-corrected chi connectivity index (χ1v) is 13.9. The third kappa shape index (κ3) is 7.00. The average Bonchev–Trinajstić information content (AvgIpc) is 3.39. The van der Waals surface area contributed by atoms with E-state index in [0.717, 1.165) is 50.4 Å². The van der Waals surface area contributed by atoms with E-state index in [1.807, 2.05) is 6.07 Å². The number of likely N-dealkylation sites (N-methyl/N-ethyl adjacent to an activating group) is 1. The Morgan fingerprint density at radius 2 is 1.95 bits per heavy atom. The molecule has 0 unspecified atom stereocenters. The Morgan fingerprint density at radius 3 is 2.72 bits per heavy atom. The molecule has 1 aromatic heterocycles. The van der Waals surface area contributed by atoms with Crippen LogP contribution in [0.4, 0.5) is 41.9 Å². The number of benzene rings is 2. The van der Waals surface area contributed by atoms with Crippen molar-refractivity contribution >= 4 is 34.6 Å². The van der Waals surface area contributed by atoms with Crippen molar-refractivity contribution < 1.29 is 27.5 Å². The Balaban J connectivity index is 1.44. The maximum atomic E-state index is 13.4. The molecule has 1 amide bonds. The number of alkyl halides is 3. The van der Waals surface area contributed by atoms with Crippen LogP contribution in [0.5, 0.6) is 5.75 Å². The van der Waals surface area contributed by atoms with Gasteiger partial charge in [0, 0.05) is 38.2 Å². The maximum absolute atomic E-state index is 13.4. The van der Waals surface area contributed by atoms with Gasteiger partial charge in [0.2, 0.25) is 5.91 Å². The van der Waals surface area contributed by atoms with Crippen LogP contribution in [0.15, 0.2) is 61.4 Å². The molecular formula is C30H34F3N7O3. The summed E-state index contributed by atoms with van der Waals surface area (Å²) in [5.74, 6) is 0.956. The van der Waals surface area contributed by atoms with Crippen LogP contribution in [0, 0.1) is 0 Å². The van der Waals surface area contributed by atoms with Gasteiger partial charge in [-0.3, -0.25) is 9.63 Å². The zero-order valence-corrected chi connectivity index (χ0v) is 24.0. The molecule has 43 heavy (non-hydrogen) atoms. The Hall–Kier alpha value is -4.36. The van der Waals surface area contributed by atoms with Crippen LogP contribution >= 0.6 is 0 Å². The number of nitrogens with one attached hydrogen (secondary N) is 2. The van der Waals surface area contributed by atoms with Gasteiger partial charge < -0.3 is 25.2 Å². The van der Waals surface area contributed by atoms with Gasteiger partial charge in [-0.25, -0.2) is 15.0 Å². The lowest BCUT2D eigenvalue weighted by molar-refractivity contribution is -0.137. The summed E-state index contributed by atoms with van der Waals surface area (Å²) in [4.78, 5) is 31.3. The number of aromatic nitrogens is 2. The lowest BCUT2D eigenvalue weighted by Crippen LogP contribution is -2.29. The molecule has 5 rings (SSSR count). The summed E-state index contributed by atoms with van der Waals surface area (Å²) in [6.45, 7) is 7.35. The summed E-state index contributed by atoms with van der Waals surface area (Å²) in [5.41, 5.74) is 1.70. The van der Waals surface area contributed by atoms with Crippen molar-refractivity contribution in [1.82, 2.24) is 14.9 Å². The predicted octanol–water partition coefficient (Wildman–Crippen LogP) is 5.40. The number of nitrogens with zero attached hydrogens (tertiary/aromatic N) is 5. The van der Waals surface area contributed by atoms with E-state index in [0.29, 0.717) is 47.4 Å². The van der Waals surface area contributed by atoms with Gasteiger partial charge in [-0.2, -0.15) is 13.2 Å². The Bertz CT molecular complexity index is 1470. The minimum absolute atomic E-state index is 0.321. The van der Waals surface area contributed by atoms with Crippen molar-refractivity contribution in [2.45, 2.75) is 25.1 Å². The Kier molecular flexibility index (Phi) is 9.02. The fourth-order valence-electron chi connectivity index (χ4n) is 5.26. The van der Waals surface area contributed by atoms with Crippen LogP contribution in [-0.4, -0.2) is 67.7 Å². The topological polar surface area (TPSA) is 95.1 Å². The largest absolute Gasteiger partial charge is 0.494 e. The summed E-state index contributed by atoms with van der Waals surface area (Å²) < 4.78 is 45.8. The maximum Gasteiger partial charge on any atom is 0.416 e. The average molecular weight is 598 g/mol. The summed E-state index contributed by atoms with van der Waals surface area (Å²) in [6, 6.07) is 10.1. The highest BCUT2D eigenvalue weighted by Crippen LogP contribution is 2.40. The van der Waals surface area contributed by atoms with Crippen LogP contribution in [0.2, 0.25) is 0 Å². The molecule has 0 bridgehead atoms. The van der Waals surface area contributed by atoms with Crippen molar-refractivity contribution in [3.05, 3.63) is 72.6 Å². The molecule has 2 aromatic carbocycles. The fraction of sp³-hybridized carbons (Fsp3) is 0.367. The summed E-state index contributed by atoms with van der Waals surface area (Å²) in [7, 11) is 3.65. The second-order valence-corrected chi connectivity index (χ2v) is 10.4. The van der Waals surface area contributed by atoms with Gasteiger partial charge in [0.15, 0.2) is 5.82 Å². The standard InChI is InChI=1S/C30H34F3N7O3/c1-4-29(41)37-22-16-23(26(42-3)17-25(22)39-11-6-10-38(2)12-13-39)36-27-18-28(35-19-34-27)40-24(9-14-43-40)20-7-5-8-21(15-20)30(31,32)33/h4-5,7-8,15-19,24H,1,6,9-14H2,2-3H3,(H,37,41)(H,34,35,36)/t24-/m1/s1. The first-order chi connectivity index (χ1) is 20.7. The van der Waals surface area contributed by atoms with E-state index in [1.165, 1.54) is 23.5 Å². The van der Waals surface area contributed by atoms with Crippen molar-refractivity contribution in [2.24, 2.45) is 0 Å². The SMILES string of the molecule is C=CC(=O)Nc1cc(Nc2cc(N3OCC[C@@H]3c3cccc(C(F)(F)F)c3)ncn2)c(OC)cc1N1CCCN(C)CC1. The highest BCUT2D eigenvalue weighted by Gasteiger charge is 2.34. The van der Waals surface area contributed by atoms with Gasteiger partial charge in [0.25, 0.3) is 0 Å². The molecule has 10 nitrogen and oxygen atoms in total. The highest BCUT2D eigenvalue weighted by atomic mass is 19.4. The van der Waals surface area contributed by atoms with Crippen molar-refractivity contribution in [2.75, 3.05) is 67.5 Å². The Morgan fingerprint density at radius 1 is 1.12 bits per heavy atom. The van der Waals surface area contributed by atoms with E-state index in [1.54, 1.807) is 25.3 Å². The quantitative estimate of drug-likeness (QED) is 0.331. The summed E-state index contributed by atoms with van der Waals surface area (Å²) in [5, 5.41) is 7.66. The molecule has 0 aliphatic carbocycles. The zero-order chi connectivity index (χ0) is 30.6. The fourth-order valence-corrected chi connectivity index (χ4v) is 5.26. The van der Waals surface area contributed by atoms with Gasteiger partial charge in [0.1, 0.15) is 17.9 Å². The normalized spacial score (nSPS) is 17.8. The molecular weight excluding hydrogens is 563 g/mol. The molecule has 228 valence electrons. The summed E-state index contributed by atoms with van der Waals surface area (Å²) in [6.07, 6.45) is -0.434. The number of carbonyl (C=O) groups is 1. The number of carbonyl (C=O) groups excluding carboxylic acids is 1. The zero-order valence-electron chi connectivity index (χ0n) is 24.0. The number of amides is 1. The minimum atomic E-state index is -4.45. The number of anilines is 5. The summed E-state index contributed by atoms with van der Waals surface area (Å²) >= 11 is 0. The van der Waals surface area contributed by atoms with E-state index in [2.05, 4.69) is 44.0 Å². The lowest BCUT2D eigenvalue weighted by Gasteiger charge is -2.27. The number of hydrogen-bond donors (Lipinski definition) is 2. The second-order valence-electron chi connectivity index (χ2n) is 10.4. The molecule has 2 saturated heterocycles. The van der Waals surface area contributed by atoms with Gasteiger partial charge in [-0.15, -0.1) is 0 Å². The van der Waals surface area contributed by atoms with Gasteiger partial charge in [-0.1, -0.05) is 18.7 Å². The lowest BCUT2D eigenvalue weighted by atomic mass is 10.0. The molecule has 2 N–H and O–H groups in total. The molecule has 2 aliphatic heterocycles. The third-order valence-corrected chi connectivity index (χ3v) is 7.47. The molecule has 3 aromatic rings. The molecule has 3 heterocycles. The predicted molar refractivity (Wildman–Crippen MR) is 159 cm³/mol. The molecule has 1 atom stereocenters. The number of halogens is 3. The van der Waals surface area contributed by atoms with Crippen molar-refractivity contribution in [3.8, 4) is 5.75 Å². The molecule has 0 radical (unpaired) electrons. The smallest absolute Gasteiger partial charge is 0.416 e. The van der Waals surface area contributed by atoms with Crippen LogP contribution in [0.1, 0.15) is 30.0 Å². The van der Waals surface area contributed by atoms with Gasteiger partial charge in [-0.05, 0) is 49.9 Å². The van der Waals surface area contributed by atoms with E-state index < -0.39 is 17.8 Å². The number of methoxy groups -OCH3 is 1. The van der Waals surface area contributed by atoms with Crippen molar-refractivity contribution in [3.63, 3.8) is 0 Å². The molecule has 0 saturated carbocycles. The van der Waals surface area contributed by atoms with Crippen LogP contribution < -0.4 is 25.3 Å². The second kappa shape index (κ2) is 12.9. The van der Waals surface area contributed by atoms with E-state index >= 15 is 0 Å². The number of rotatable bonds is 8. The first kappa shape index (κ1) is 30.1. The minimum Gasteiger partial charge on any atom is -0.494 e. The van der Waals surface area contributed by atoms with Crippen LogP contribution in [-0.2, 0) is 15.8 Å². The third-order valence-electron chi connectivity index (χ3n) is 7.47. The highest BCUT2D eigenvalue weighted by molar-refractivity contribution is 6.02. The van der Waals surface area contributed by atoms with E-state index in [9.17, 15) is 18.0 Å². The number of ether oxygens (including phenoxy) is 1.